The first kappa shape index (κ1) is 41.4. The molecule has 0 aliphatic carbocycles. The van der Waals surface area contributed by atoms with Gasteiger partial charge >= 0.3 is 11.9 Å². The highest BCUT2D eigenvalue weighted by Gasteiger charge is 2.15. The number of unbranched alkanes of at least 4 members (excludes halogenated alkanes) is 11. The number of ether oxygens (including phenoxy) is 1. The second kappa shape index (κ2) is 34.9. The molecule has 0 aromatic heterocycles. The Balaban J connectivity index is 3.89. The van der Waals surface area contributed by atoms with Crippen LogP contribution in [0.3, 0.4) is 0 Å². The van der Waals surface area contributed by atoms with Crippen LogP contribution < -0.4 is 0 Å². The van der Waals surface area contributed by atoms with E-state index in [2.05, 4.69) is 86.8 Å². The minimum Gasteiger partial charge on any atom is -0.481 e. The molecule has 0 rings (SSSR count). The van der Waals surface area contributed by atoms with E-state index in [4.69, 9.17) is 9.84 Å². The lowest BCUT2D eigenvalue weighted by molar-refractivity contribution is -0.151. The Morgan fingerprint density at radius 2 is 0.977 bits per heavy atom. The summed E-state index contributed by atoms with van der Waals surface area (Å²) < 4.78 is 5.68. The molecular formula is C40H66O4. The fraction of sp³-hybridized carbons (Fsp3) is 0.650. The molecule has 0 heterocycles. The van der Waals surface area contributed by atoms with E-state index in [1.165, 1.54) is 51.4 Å². The van der Waals surface area contributed by atoms with Crippen molar-refractivity contribution < 1.29 is 19.4 Å². The molecule has 0 aliphatic rings. The largest absolute Gasteiger partial charge is 0.481 e. The molecule has 1 unspecified atom stereocenters. The van der Waals surface area contributed by atoms with Crippen LogP contribution in [0.5, 0.6) is 0 Å². The normalized spacial score (nSPS) is 13.1. The van der Waals surface area contributed by atoms with E-state index < -0.39 is 5.97 Å². The van der Waals surface area contributed by atoms with Crippen LogP contribution in [0, 0.1) is 0 Å². The quantitative estimate of drug-likeness (QED) is 0.0482. The number of hydrogen-bond acceptors (Lipinski definition) is 3. The van der Waals surface area contributed by atoms with E-state index in [1.54, 1.807) is 0 Å². The van der Waals surface area contributed by atoms with Crippen molar-refractivity contribution in [3.63, 3.8) is 0 Å². The second-order valence-electron chi connectivity index (χ2n) is 11.7. The lowest BCUT2D eigenvalue weighted by Crippen LogP contribution is -2.19. The minimum atomic E-state index is -0.828. The molecule has 0 aliphatic heterocycles. The molecule has 1 atom stereocenters. The first-order valence-electron chi connectivity index (χ1n) is 17.9. The Morgan fingerprint density at radius 1 is 0.523 bits per heavy atom. The van der Waals surface area contributed by atoms with Crippen LogP contribution in [0.1, 0.15) is 162 Å². The smallest absolute Gasteiger partial charge is 0.306 e. The van der Waals surface area contributed by atoms with Crippen LogP contribution in [-0.2, 0) is 14.3 Å². The highest BCUT2D eigenvalue weighted by molar-refractivity contribution is 5.69. The number of carbonyl (C=O) groups is 2. The van der Waals surface area contributed by atoms with E-state index in [0.717, 1.165) is 77.0 Å². The van der Waals surface area contributed by atoms with Gasteiger partial charge in [-0.1, -0.05) is 145 Å². The van der Waals surface area contributed by atoms with Crippen LogP contribution in [0.4, 0.5) is 0 Å². The number of aliphatic carboxylic acids is 1. The molecule has 4 heteroatoms. The van der Waals surface area contributed by atoms with E-state index in [9.17, 15) is 9.59 Å². The van der Waals surface area contributed by atoms with Gasteiger partial charge in [0.2, 0.25) is 0 Å². The summed E-state index contributed by atoms with van der Waals surface area (Å²) in [5, 5.41) is 9.07. The fourth-order valence-corrected chi connectivity index (χ4v) is 4.82. The third kappa shape index (κ3) is 33.9. The maximum absolute atomic E-state index is 12.4. The number of esters is 1. The summed E-state index contributed by atoms with van der Waals surface area (Å²) in [5.41, 5.74) is 0. The Labute approximate surface area is 271 Å². The van der Waals surface area contributed by atoms with Gasteiger partial charge in [-0.15, -0.1) is 0 Å². The molecule has 0 aromatic carbocycles. The zero-order valence-corrected chi connectivity index (χ0v) is 28.4. The monoisotopic (exact) mass is 610 g/mol. The average Bonchev–Trinajstić information content (AvgIpc) is 3.01. The van der Waals surface area contributed by atoms with Crippen molar-refractivity contribution in [2.24, 2.45) is 0 Å². The molecule has 0 saturated heterocycles. The van der Waals surface area contributed by atoms with E-state index in [1.807, 2.05) is 0 Å². The topological polar surface area (TPSA) is 63.6 Å². The van der Waals surface area contributed by atoms with Gasteiger partial charge in [-0.3, -0.25) is 9.59 Å². The van der Waals surface area contributed by atoms with Crippen molar-refractivity contribution >= 4 is 11.9 Å². The predicted molar refractivity (Wildman–Crippen MR) is 190 cm³/mol. The molecule has 0 spiro atoms. The molecule has 0 fully saturated rings. The summed E-state index contributed by atoms with van der Waals surface area (Å²) in [6.07, 6.45) is 49.1. The molecule has 0 aromatic rings. The fourth-order valence-electron chi connectivity index (χ4n) is 4.82. The predicted octanol–water partition coefficient (Wildman–Crippen LogP) is 12.3. The third-order valence-corrected chi connectivity index (χ3v) is 7.46. The summed E-state index contributed by atoms with van der Waals surface area (Å²) in [6, 6.07) is 0. The second-order valence-corrected chi connectivity index (χ2v) is 11.7. The van der Waals surface area contributed by atoms with Gasteiger partial charge in [0, 0.05) is 12.8 Å². The highest BCUT2D eigenvalue weighted by atomic mass is 16.5. The lowest BCUT2D eigenvalue weighted by atomic mass is 10.0. The zero-order valence-electron chi connectivity index (χ0n) is 28.4. The molecule has 0 radical (unpaired) electrons. The SMILES string of the molecule is CC/C=C\C/C=C\C/C=C\C/C=C\C/C=C\C/C=C\CCCCC(=O)OC(CCCCCCCCCCCC)CCC(=O)O. The van der Waals surface area contributed by atoms with Crippen LogP contribution in [0.15, 0.2) is 72.9 Å². The van der Waals surface area contributed by atoms with Crippen molar-refractivity contribution in [3.05, 3.63) is 72.9 Å². The molecule has 250 valence electrons. The van der Waals surface area contributed by atoms with Crippen molar-refractivity contribution in [2.45, 2.75) is 168 Å². The van der Waals surface area contributed by atoms with Gasteiger partial charge < -0.3 is 9.84 Å². The molecule has 0 bridgehead atoms. The summed E-state index contributed by atoms with van der Waals surface area (Å²) in [6.45, 7) is 4.40. The van der Waals surface area contributed by atoms with Gasteiger partial charge in [-0.2, -0.15) is 0 Å². The first-order valence-corrected chi connectivity index (χ1v) is 17.9. The zero-order chi connectivity index (χ0) is 32.2. The van der Waals surface area contributed by atoms with Gasteiger partial charge in [0.1, 0.15) is 6.10 Å². The first-order chi connectivity index (χ1) is 21.6. The van der Waals surface area contributed by atoms with Gasteiger partial charge in [-0.05, 0) is 77.0 Å². The molecule has 0 saturated carbocycles. The Bertz CT molecular complexity index is 830. The van der Waals surface area contributed by atoms with Crippen LogP contribution in [0.25, 0.3) is 0 Å². The number of allylic oxidation sites excluding steroid dienone is 12. The van der Waals surface area contributed by atoms with E-state index >= 15 is 0 Å². The average molecular weight is 611 g/mol. The Hall–Kier alpha value is -2.62. The molecule has 4 nitrogen and oxygen atoms in total. The standard InChI is InChI=1S/C40H66O4/c1-3-5-7-9-11-13-15-16-17-18-19-20-21-22-23-24-25-27-29-31-33-35-40(43)44-38(36-37-39(41)42)34-32-30-28-26-14-12-10-8-6-4-2/h5,7,11,13,16-17,19-20,22-23,25,27,38H,3-4,6,8-10,12,14-15,18,21,24,26,28-37H2,1-2H3,(H,41,42)/b7-5-,13-11-,17-16-,20-19-,23-22-,27-25-. The van der Waals surface area contributed by atoms with E-state index in [0.29, 0.717) is 12.8 Å². The minimum absolute atomic E-state index is 0.0540. The van der Waals surface area contributed by atoms with Crippen molar-refractivity contribution in [1.29, 1.82) is 0 Å². The number of carbonyl (C=O) groups excluding carboxylic acids is 1. The number of carboxylic acids is 1. The van der Waals surface area contributed by atoms with Crippen molar-refractivity contribution in [2.75, 3.05) is 0 Å². The van der Waals surface area contributed by atoms with Crippen LogP contribution >= 0.6 is 0 Å². The molecule has 0 amide bonds. The maximum Gasteiger partial charge on any atom is 0.306 e. The van der Waals surface area contributed by atoms with Crippen molar-refractivity contribution in [3.8, 4) is 0 Å². The van der Waals surface area contributed by atoms with Gasteiger partial charge in [-0.25, -0.2) is 0 Å². The van der Waals surface area contributed by atoms with Gasteiger partial charge in [0.05, 0.1) is 0 Å². The maximum atomic E-state index is 12.4. The summed E-state index contributed by atoms with van der Waals surface area (Å²) in [4.78, 5) is 23.4. The van der Waals surface area contributed by atoms with Gasteiger partial charge in [0.15, 0.2) is 0 Å². The molecule has 44 heavy (non-hydrogen) atoms. The number of rotatable bonds is 31. The van der Waals surface area contributed by atoms with Crippen LogP contribution in [-0.4, -0.2) is 23.1 Å². The summed E-state index contributed by atoms with van der Waals surface area (Å²) >= 11 is 0. The Morgan fingerprint density at radius 3 is 1.45 bits per heavy atom. The third-order valence-electron chi connectivity index (χ3n) is 7.46. The lowest BCUT2D eigenvalue weighted by Gasteiger charge is -2.17. The number of hydrogen-bond donors (Lipinski definition) is 1. The highest BCUT2D eigenvalue weighted by Crippen LogP contribution is 2.17. The summed E-state index contributed by atoms with van der Waals surface area (Å²) in [7, 11) is 0. The summed E-state index contributed by atoms with van der Waals surface area (Å²) in [5.74, 6) is -1.01. The molecular weight excluding hydrogens is 544 g/mol. The Kier molecular flexibility index (Phi) is 32.8. The van der Waals surface area contributed by atoms with Crippen LogP contribution in [0.2, 0.25) is 0 Å². The van der Waals surface area contributed by atoms with Gasteiger partial charge in [0.25, 0.3) is 0 Å². The van der Waals surface area contributed by atoms with E-state index in [-0.39, 0.29) is 18.5 Å². The number of carboxylic acid groups (broad SMARTS) is 1. The van der Waals surface area contributed by atoms with Crippen molar-refractivity contribution in [1.82, 2.24) is 0 Å². The molecule has 1 N–H and O–H groups in total.